The molecule has 3 nitrogen and oxygen atoms in total. The molecule has 0 fully saturated rings. The molecule has 0 saturated carbocycles. The molecule has 0 aliphatic carbocycles. The molecule has 2 rings (SSSR count). The first kappa shape index (κ1) is 16.6. The first-order chi connectivity index (χ1) is 10.5. The molecule has 1 amide bonds. The number of hydrogen-bond acceptors (Lipinski definition) is 2. The summed E-state index contributed by atoms with van der Waals surface area (Å²) >= 11 is 3.43. The number of aryl methyl sites for hydroxylation is 1. The molecule has 0 atom stereocenters. The number of anilines is 1. The zero-order chi connectivity index (χ0) is 16.1. The fraction of sp³-hybridized carbons (Fsp3) is 0.235. The SMILES string of the molecule is Cc1ccc(NC(=O)CN(C)Cc2ccccc2F)c(Br)c1. The van der Waals surface area contributed by atoms with Crippen LogP contribution in [0.2, 0.25) is 0 Å². The minimum absolute atomic E-state index is 0.136. The van der Waals surface area contributed by atoms with E-state index in [-0.39, 0.29) is 18.3 Å². The summed E-state index contributed by atoms with van der Waals surface area (Å²) in [4.78, 5) is 13.8. The monoisotopic (exact) mass is 364 g/mol. The lowest BCUT2D eigenvalue weighted by Crippen LogP contribution is -2.30. The van der Waals surface area contributed by atoms with Crippen LogP contribution in [0, 0.1) is 12.7 Å². The van der Waals surface area contributed by atoms with Gasteiger partial charge in [0, 0.05) is 16.6 Å². The normalized spacial score (nSPS) is 10.8. The summed E-state index contributed by atoms with van der Waals surface area (Å²) in [6, 6.07) is 12.3. The number of hydrogen-bond donors (Lipinski definition) is 1. The molecule has 22 heavy (non-hydrogen) atoms. The first-order valence-electron chi connectivity index (χ1n) is 6.93. The van der Waals surface area contributed by atoms with E-state index in [1.165, 1.54) is 6.07 Å². The molecule has 2 aromatic rings. The molecule has 0 heterocycles. The van der Waals surface area contributed by atoms with Gasteiger partial charge in [0.2, 0.25) is 5.91 Å². The number of halogens is 2. The highest BCUT2D eigenvalue weighted by molar-refractivity contribution is 9.10. The van der Waals surface area contributed by atoms with E-state index in [1.807, 2.05) is 25.1 Å². The maximum atomic E-state index is 13.6. The van der Waals surface area contributed by atoms with Gasteiger partial charge in [-0.25, -0.2) is 4.39 Å². The van der Waals surface area contributed by atoms with Crippen molar-refractivity contribution in [1.82, 2.24) is 4.90 Å². The third kappa shape index (κ3) is 4.64. The Bertz CT molecular complexity index is 675. The van der Waals surface area contributed by atoms with E-state index < -0.39 is 0 Å². The van der Waals surface area contributed by atoms with Gasteiger partial charge in [-0.2, -0.15) is 0 Å². The van der Waals surface area contributed by atoms with Crippen LogP contribution in [0.15, 0.2) is 46.9 Å². The summed E-state index contributed by atoms with van der Waals surface area (Å²) in [6.07, 6.45) is 0. The Morgan fingerprint density at radius 2 is 2.00 bits per heavy atom. The molecule has 2 aromatic carbocycles. The standard InChI is InChI=1S/C17H18BrFN2O/c1-12-7-8-16(14(18)9-12)20-17(22)11-21(2)10-13-5-3-4-6-15(13)19/h3-9H,10-11H2,1-2H3,(H,20,22). The Labute approximate surface area is 138 Å². The molecule has 0 unspecified atom stereocenters. The summed E-state index contributed by atoms with van der Waals surface area (Å²) < 4.78 is 14.4. The summed E-state index contributed by atoms with van der Waals surface area (Å²) in [7, 11) is 1.79. The predicted molar refractivity (Wildman–Crippen MR) is 90.2 cm³/mol. The summed E-state index contributed by atoms with van der Waals surface area (Å²) in [5, 5.41) is 2.85. The minimum atomic E-state index is -0.254. The van der Waals surface area contributed by atoms with E-state index >= 15 is 0 Å². The second kappa shape index (κ2) is 7.51. The maximum Gasteiger partial charge on any atom is 0.238 e. The highest BCUT2D eigenvalue weighted by Gasteiger charge is 2.11. The van der Waals surface area contributed by atoms with Crippen LogP contribution in [0.5, 0.6) is 0 Å². The summed E-state index contributed by atoms with van der Waals surface area (Å²) in [6.45, 7) is 2.56. The Morgan fingerprint density at radius 1 is 1.27 bits per heavy atom. The molecule has 1 N–H and O–H groups in total. The van der Waals surface area contributed by atoms with Gasteiger partial charge < -0.3 is 5.32 Å². The van der Waals surface area contributed by atoms with Crippen LogP contribution in [0.4, 0.5) is 10.1 Å². The van der Waals surface area contributed by atoms with Crippen LogP contribution in [-0.2, 0) is 11.3 Å². The van der Waals surface area contributed by atoms with Gasteiger partial charge in [0.05, 0.1) is 12.2 Å². The van der Waals surface area contributed by atoms with Gasteiger partial charge in [0.1, 0.15) is 5.82 Å². The van der Waals surface area contributed by atoms with Gasteiger partial charge >= 0.3 is 0 Å². The molecule has 0 aromatic heterocycles. The Balaban J connectivity index is 1.93. The number of carbonyl (C=O) groups is 1. The van der Waals surface area contributed by atoms with Crippen molar-refractivity contribution in [2.45, 2.75) is 13.5 Å². The molecular formula is C17H18BrFN2O. The van der Waals surface area contributed by atoms with Crippen molar-refractivity contribution in [2.75, 3.05) is 18.9 Å². The smallest absolute Gasteiger partial charge is 0.238 e. The highest BCUT2D eigenvalue weighted by atomic mass is 79.9. The van der Waals surface area contributed by atoms with Crippen molar-refractivity contribution in [3.8, 4) is 0 Å². The lowest BCUT2D eigenvalue weighted by atomic mass is 10.2. The number of amides is 1. The average molecular weight is 365 g/mol. The third-order valence-electron chi connectivity index (χ3n) is 3.21. The molecule has 116 valence electrons. The van der Waals surface area contributed by atoms with Gasteiger partial charge in [0.25, 0.3) is 0 Å². The van der Waals surface area contributed by atoms with Crippen molar-refractivity contribution in [2.24, 2.45) is 0 Å². The van der Waals surface area contributed by atoms with Crippen LogP contribution in [0.25, 0.3) is 0 Å². The largest absolute Gasteiger partial charge is 0.324 e. The molecule has 0 aliphatic rings. The number of nitrogens with zero attached hydrogens (tertiary/aromatic N) is 1. The van der Waals surface area contributed by atoms with Crippen LogP contribution in [-0.4, -0.2) is 24.4 Å². The highest BCUT2D eigenvalue weighted by Crippen LogP contribution is 2.23. The van der Waals surface area contributed by atoms with Crippen LogP contribution in [0.1, 0.15) is 11.1 Å². The Kier molecular flexibility index (Phi) is 5.69. The number of benzene rings is 2. The molecule has 0 aliphatic heterocycles. The molecular weight excluding hydrogens is 347 g/mol. The topological polar surface area (TPSA) is 32.3 Å². The van der Waals surface area contributed by atoms with Gasteiger partial charge in [0.15, 0.2) is 0 Å². The molecule has 0 radical (unpaired) electrons. The van der Waals surface area contributed by atoms with E-state index in [0.29, 0.717) is 12.1 Å². The fourth-order valence-corrected chi connectivity index (χ4v) is 2.72. The third-order valence-corrected chi connectivity index (χ3v) is 3.87. The quantitative estimate of drug-likeness (QED) is 0.870. The number of carbonyl (C=O) groups excluding carboxylic acids is 1. The molecule has 5 heteroatoms. The van der Waals surface area contributed by atoms with E-state index in [4.69, 9.17) is 0 Å². The molecule has 0 spiro atoms. The van der Waals surface area contributed by atoms with Gasteiger partial charge in [-0.3, -0.25) is 9.69 Å². The zero-order valence-electron chi connectivity index (χ0n) is 12.6. The molecule has 0 saturated heterocycles. The number of likely N-dealkylation sites (N-methyl/N-ethyl adjacent to an activating group) is 1. The van der Waals surface area contributed by atoms with E-state index in [1.54, 1.807) is 30.1 Å². The van der Waals surface area contributed by atoms with Gasteiger partial charge in [-0.15, -0.1) is 0 Å². The fourth-order valence-electron chi connectivity index (χ4n) is 2.13. The number of rotatable bonds is 5. The first-order valence-corrected chi connectivity index (χ1v) is 7.73. The van der Waals surface area contributed by atoms with E-state index in [2.05, 4.69) is 21.2 Å². The van der Waals surface area contributed by atoms with Crippen molar-refractivity contribution in [3.63, 3.8) is 0 Å². The second-order valence-electron chi connectivity index (χ2n) is 5.30. The van der Waals surface area contributed by atoms with E-state index in [0.717, 1.165) is 15.7 Å². The van der Waals surface area contributed by atoms with E-state index in [9.17, 15) is 9.18 Å². The molecule has 0 bridgehead atoms. The lowest BCUT2D eigenvalue weighted by molar-refractivity contribution is -0.117. The van der Waals surface area contributed by atoms with Gasteiger partial charge in [-0.1, -0.05) is 24.3 Å². The Morgan fingerprint density at radius 3 is 2.68 bits per heavy atom. The average Bonchev–Trinajstić information content (AvgIpc) is 2.44. The summed E-state index contributed by atoms with van der Waals surface area (Å²) in [5.74, 6) is -0.389. The van der Waals surface area contributed by atoms with Crippen LogP contribution in [0.3, 0.4) is 0 Å². The van der Waals surface area contributed by atoms with Crippen LogP contribution < -0.4 is 5.32 Å². The number of nitrogens with one attached hydrogen (secondary N) is 1. The minimum Gasteiger partial charge on any atom is -0.324 e. The Hall–Kier alpha value is -1.72. The van der Waals surface area contributed by atoms with Gasteiger partial charge in [-0.05, 0) is 53.7 Å². The van der Waals surface area contributed by atoms with Crippen molar-refractivity contribution < 1.29 is 9.18 Å². The van der Waals surface area contributed by atoms with Crippen molar-refractivity contribution >= 4 is 27.5 Å². The predicted octanol–water partition coefficient (Wildman–Crippen LogP) is 3.97. The van der Waals surface area contributed by atoms with Crippen LogP contribution >= 0.6 is 15.9 Å². The van der Waals surface area contributed by atoms with Crippen molar-refractivity contribution in [3.05, 3.63) is 63.9 Å². The zero-order valence-corrected chi connectivity index (χ0v) is 14.2. The second-order valence-corrected chi connectivity index (χ2v) is 6.15. The maximum absolute atomic E-state index is 13.6. The summed E-state index contributed by atoms with van der Waals surface area (Å²) in [5.41, 5.74) is 2.42. The van der Waals surface area contributed by atoms with Crippen molar-refractivity contribution in [1.29, 1.82) is 0 Å². The lowest BCUT2D eigenvalue weighted by Gasteiger charge is -2.17.